The van der Waals surface area contributed by atoms with Crippen molar-refractivity contribution in [3.05, 3.63) is 0 Å². The summed E-state index contributed by atoms with van der Waals surface area (Å²) in [5, 5.41) is 6.30. The average Bonchev–Trinajstić information content (AvgIpc) is 2.56. The Morgan fingerprint density at radius 2 is 2.11 bits per heavy atom. The summed E-state index contributed by atoms with van der Waals surface area (Å²) in [6.45, 7) is 2.59. The first-order valence-electron chi connectivity index (χ1n) is 7.45. The average molecular weight is 266 g/mol. The monoisotopic (exact) mass is 266 g/mol. The van der Waals surface area contributed by atoms with Crippen molar-refractivity contribution in [2.24, 2.45) is 10.7 Å². The fraction of sp³-hybridized carbons (Fsp3) is 0.857. The first-order chi connectivity index (χ1) is 9.07. The van der Waals surface area contributed by atoms with Gasteiger partial charge in [-0.05, 0) is 26.2 Å². The Labute approximate surface area is 115 Å². The molecule has 0 aromatic rings. The van der Waals surface area contributed by atoms with Gasteiger partial charge in [-0.2, -0.15) is 0 Å². The molecule has 1 aliphatic heterocycles. The van der Waals surface area contributed by atoms with Gasteiger partial charge in [0.2, 0.25) is 5.91 Å². The third-order valence-corrected chi connectivity index (χ3v) is 4.15. The molecule has 0 bridgehead atoms. The van der Waals surface area contributed by atoms with Crippen molar-refractivity contribution in [2.45, 2.75) is 69.9 Å². The van der Waals surface area contributed by atoms with Gasteiger partial charge in [0.05, 0.1) is 12.1 Å². The second-order valence-corrected chi connectivity index (χ2v) is 6.14. The van der Waals surface area contributed by atoms with E-state index in [0.29, 0.717) is 25.0 Å². The molecule has 0 aromatic heterocycles. The van der Waals surface area contributed by atoms with Crippen LogP contribution in [0.4, 0.5) is 0 Å². The Hall–Kier alpha value is -1.26. The highest BCUT2D eigenvalue weighted by Gasteiger charge is 2.32. The lowest BCUT2D eigenvalue weighted by molar-refractivity contribution is -0.119. The number of nitrogens with zero attached hydrogens (tertiary/aromatic N) is 1. The number of nitrogens with two attached hydrogens (primary N) is 1. The van der Waals surface area contributed by atoms with Crippen molar-refractivity contribution in [1.82, 2.24) is 10.6 Å². The first-order valence-corrected chi connectivity index (χ1v) is 7.45. The van der Waals surface area contributed by atoms with Crippen LogP contribution in [0.5, 0.6) is 0 Å². The Morgan fingerprint density at radius 3 is 2.68 bits per heavy atom. The molecular weight excluding hydrogens is 240 g/mol. The minimum atomic E-state index is -0.215. The lowest BCUT2D eigenvalue weighted by atomic mass is 10.0. The molecule has 19 heavy (non-hydrogen) atoms. The summed E-state index contributed by atoms with van der Waals surface area (Å²) in [5.74, 6) is 0.641. The molecule has 108 valence electrons. The largest absolute Gasteiger partial charge is 0.370 e. The molecule has 1 atom stereocenters. The SMILES string of the molecule is CC1(CN=C(N)NC2CCCCCC2)CCC(=O)N1. The molecule has 2 fully saturated rings. The quantitative estimate of drug-likeness (QED) is 0.409. The zero-order valence-corrected chi connectivity index (χ0v) is 11.9. The van der Waals surface area contributed by atoms with Gasteiger partial charge in [-0.1, -0.05) is 25.7 Å². The number of hydrogen-bond donors (Lipinski definition) is 3. The van der Waals surface area contributed by atoms with Gasteiger partial charge in [0.15, 0.2) is 5.96 Å². The molecule has 1 unspecified atom stereocenters. The summed E-state index contributed by atoms with van der Waals surface area (Å²) in [4.78, 5) is 15.7. The van der Waals surface area contributed by atoms with Crippen molar-refractivity contribution in [1.29, 1.82) is 0 Å². The van der Waals surface area contributed by atoms with Crippen molar-refractivity contribution in [2.75, 3.05) is 6.54 Å². The molecule has 0 radical (unpaired) electrons. The molecule has 1 saturated heterocycles. The molecule has 1 saturated carbocycles. The van der Waals surface area contributed by atoms with E-state index in [1.165, 1.54) is 38.5 Å². The summed E-state index contributed by atoms with van der Waals surface area (Å²) in [6.07, 6.45) is 9.03. The first kappa shape index (κ1) is 14.2. The number of hydrogen-bond acceptors (Lipinski definition) is 2. The molecule has 4 N–H and O–H groups in total. The van der Waals surface area contributed by atoms with Gasteiger partial charge < -0.3 is 16.4 Å². The molecule has 1 heterocycles. The summed E-state index contributed by atoms with van der Waals surface area (Å²) in [6, 6.07) is 0.470. The lowest BCUT2D eigenvalue weighted by Crippen LogP contribution is -2.44. The minimum absolute atomic E-state index is 0.119. The van der Waals surface area contributed by atoms with Crippen LogP contribution in [0.1, 0.15) is 58.3 Å². The fourth-order valence-corrected chi connectivity index (χ4v) is 2.91. The highest BCUT2D eigenvalue weighted by molar-refractivity contribution is 5.80. The van der Waals surface area contributed by atoms with Crippen LogP contribution in [0.3, 0.4) is 0 Å². The van der Waals surface area contributed by atoms with Crippen LogP contribution in [-0.4, -0.2) is 30.0 Å². The zero-order chi connectivity index (χ0) is 13.7. The predicted molar refractivity (Wildman–Crippen MR) is 76.9 cm³/mol. The second-order valence-electron chi connectivity index (χ2n) is 6.14. The van der Waals surface area contributed by atoms with Gasteiger partial charge in [-0.25, -0.2) is 0 Å². The van der Waals surface area contributed by atoms with E-state index in [2.05, 4.69) is 15.6 Å². The third kappa shape index (κ3) is 4.40. The van der Waals surface area contributed by atoms with Gasteiger partial charge in [0, 0.05) is 12.5 Å². The summed E-state index contributed by atoms with van der Waals surface area (Å²) in [7, 11) is 0. The van der Waals surface area contributed by atoms with Gasteiger partial charge in [0.25, 0.3) is 0 Å². The van der Waals surface area contributed by atoms with Crippen LogP contribution in [0.15, 0.2) is 4.99 Å². The molecule has 5 nitrogen and oxygen atoms in total. The van der Waals surface area contributed by atoms with E-state index in [-0.39, 0.29) is 11.4 Å². The molecule has 2 aliphatic rings. The van der Waals surface area contributed by atoms with Crippen LogP contribution in [0.2, 0.25) is 0 Å². The highest BCUT2D eigenvalue weighted by Crippen LogP contribution is 2.20. The molecule has 1 aliphatic carbocycles. The summed E-state index contributed by atoms with van der Waals surface area (Å²) < 4.78 is 0. The van der Waals surface area contributed by atoms with E-state index in [4.69, 9.17) is 5.73 Å². The van der Waals surface area contributed by atoms with E-state index >= 15 is 0 Å². The molecule has 2 rings (SSSR count). The van der Waals surface area contributed by atoms with Crippen LogP contribution in [0.25, 0.3) is 0 Å². The Bertz CT molecular complexity index is 347. The van der Waals surface area contributed by atoms with E-state index in [1.807, 2.05) is 6.92 Å². The van der Waals surface area contributed by atoms with Crippen molar-refractivity contribution in [3.63, 3.8) is 0 Å². The van der Waals surface area contributed by atoms with E-state index in [0.717, 1.165) is 6.42 Å². The van der Waals surface area contributed by atoms with Crippen molar-refractivity contribution in [3.8, 4) is 0 Å². The van der Waals surface area contributed by atoms with Gasteiger partial charge >= 0.3 is 0 Å². The van der Waals surface area contributed by atoms with Gasteiger partial charge in [-0.15, -0.1) is 0 Å². The Balaban J connectivity index is 1.80. The fourth-order valence-electron chi connectivity index (χ4n) is 2.91. The zero-order valence-electron chi connectivity index (χ0n) is 11.9. The maximum absolute atomic E-state index is 11.3. The Kier molecular flexibility index (Phi) is 4.66. The minimum Gasteiger partial charge on any atom is -0.370 e. The third-order valence-electron chi connectivity index (χ3n) is 4.15. The molecule has 0 spiro atoms. The van der Waals surface area contributed by atoms with Gasteiger partial charge in [0.1, 0.15) is 0 Å². The number of aliphatic imine (C=N–C) groups is 1. The summed E-state index contributed by atoms with van der Waals surface area (Å²) >= 11 is 0. The van der Waals surface area contributed by atoms with Gasteiger partial charge in [-0.3, -0.25) is 9.79 Å². The standard InChI is InChI=1S/C14H26N4O/c1-14(9-8-12(19)18-14)10-16-13(15)17-11-6-4-2-3-5-7-11/h11H,2-10H2,1H3,(H,18,19)(H3,15,16,17). The molecular formula is C14H26N4O. The molecule has 1 amide bonds. The van der Waals surface area contributed by atoms with Crippen molar-refractivity contribution < 1.29 is 4.79 Å². The number of guanidine groups is 1. The lowest BCUT2D eigenvalue weighted by Gasteiger charge is -2.22. The number of nitrogens with one attached hydrogen (secondary N) is 2. The second kappa shape index (κ2) is 6.26. The smallest absolute Gasteiger partial charge is 0.220 e. The van der Waals surface area contributed by atoms with E-state index in [1.54, 1.807) is 0 Å². The molecule has 5 heteroatoms. The normalized spacial score (nSPS) is 29.9. The maximum Gasteiger partial charge on any atom is 0.220 e. The topological polar surface area (TPSA) is 79.5 Å². The summed E-state index contributed by atoms with van der Waals surface area (Å²) in [5.41, 5.74) is 5.74. The molecule has 0 aromatic carbocycles. The van der Waals surface area contributed by atoms with Crippen molar-refractivity contribution >= 4 is 11.9 Å². The number of carbonyl (C=O) groups excluding carboxylic acids is 1. The maximum atomic E-state index is 11.3. The van der Waals surface area contributed by atoms with Crippen LogP contribution in [-0.2, 0) is 4.79 Å². The number of rotatable bonds is 3. The van der Waals surface area contributed by atoms with E-state index in [9.17, 15) is 4.79 Å². The van der Waals surface area contributed by atoms with E-state index < -0.39 is 0 Å². The van der Waals surface area contributed by atoms with Crippen LogP contribution >= 0.6 is 0 Å². The number of amides is 1. The number of carbonyl (C=O) groups is 1. The van der Waals surface area contributed by atoms with Crippen LogP contribution < -0.4 is 16.4 Å². The Morgan fingerprint density at radius 1 is 1.42 bits per heavy atom. The predicted octanol–water partition coefficient (Wildman–Crippen LogP) is 1.28. The highest BCUT2D eigenvalue weighted by atomic mass is 16.2. The van der Waals surface area contributed by atoms with Crippen LogP contribution in [0, 0.1) is 0 Å².